The van der Waals surface area contributed by atoms with Gasteiger partial charge in [-0.3, -0.25) is 9.05 Å². The molecule has 1 aromatic rings. The van der Waals surface area contributed by atoms with Crippen molar-refractivity contribution in [3.8, 4) is 5.75 Å². The molecular formula is C10H15O6PS. The van der Waals surface area contributed by atoms with Gasteiger partial charge in [-0.25, -0.2) is 13.0 Å². The van der Waals surface area contributed by atoms with Crippen LogP contribution in [0.25, 0.3) is 0 Å². The summed E-state index contributed by atoms with van der Waals surface area (Å²) >= 11 is 0. The minimum absolute atomic E-state index is 0.0295. The second-order valence-electron chi connectivity index (χ2n) is 3.42. The Hall–Kier alpha value is -0.880. The maximum absolute atomic E-state index is 12.3. The first-order valence-electron chi connectivity index (χ1n) is 7.53. The van der Waals surface area contributed by atoms with Crippen LogP contribution in [0.4, 0.5) is 0 Å². The van der Waals surface area contributed by atoms with E-state index < -0.39 is 31.7 Å². The summed E-state index contributed by atoms with van der Waals surface area (Å²) in [6.45, 7) is 1.42. The van der Waals surface area contributed by atoms with Crippen LogP contribution >= 0.6 is 7.82 Å². The van der Waals surface area contributed by atoms with Crippen molar-refractivity contribution in [2.24, 2.45) is 0 Å². The van der Waals surface area contributed by atoms with Gasteiger partial charge in [-0.1, -0.05) is 0 Å². The Bertz CT molecular complexity index is 736. The lowest BCUT2D eigenvalue weighted by atomic mass is 10.2. The number of sulfone groups is 1. The van der Waals surface area contributed by atoms with Crippen molar-refractivity contribution in [1.82, 2.24) is 0 Å². The van der Waals surface area contributed by atoms with E-state index in [1.807, 2.05) is 0 Å². The van der Waals surface area contributed by atoms with Gasteiger partial charge in [0, 0.05) is 20.3 Å². The molecule has 0 aliphatic carbocycles. The molecule has 1 rings (SSSR count). The van der Waals surface area contributed by atoms with Gasteiger partial charge in [0.2, 0.25) is 0 Å². The van der Waals surface area contributed by atoms with Crippen LogP contribution in [-0.4, -0.2) is 28.7 Å². The van der Waals surface area contributed by atoms with Gasteiger partial charge in [0.15, 0.2) is 9.84 Å². The Morgan fingerprint density at radius 1 is 1.28 bits per heavy atom. The maximum Gasteiger partial charge on any atom is 0.529 e. The number of phosphoric acid groups is 1. The molecule has 18 heavy (non-hydrogen) atoms. The van der Waals surface area contributed by atoms with Crippen molar-refractivity contribution in [1.29, 1.82) is 0 Å². The van der Waals surface area contributed by atoms with Crippen molar-refractivity contribution < 1.29 is 34.8 Å². The van der Waals surface area contributed by atoms with E-state index in [-0.39, 0.29) is 16.2 Å². The molecule has 0 atom stereocenters. The molecule has 8 heteroatoms. The topological polar surface area (TPSA) is 78.9 Å². The standard InChI is InChI=1S/C10H15O6PS/c1-8-7-9(16-17(11,14-2)15-3)5-6-10(8)18(4,12)13/h5-7H,1-4H3/i2D3,3D3. The summed E-state index contributed by atoms with van der Waals surface area (Å²) in [6, 6.07) is 3.34. The molecule has 0 amide bonds. The highest BCUT2D eigenvalue weighted by atomic mass is 32.2. The lowest BCUT2D eigenvalue weighted by molar-refractivity contribution is 0.211. The third-order valence-electron chi connectivity index (χ3n) is 1.99. The van der Waals surface area contributed by atoms with E-state index in [1.165, 1.54) is 6.92 Å². The van der Waals surface area contributed by atoms with Crippen LogP contribution in [0.2, 0.25) is 0 Å². The minimum atomic E-state index is -5.03. The van der Waals surface area contributed by atoms with E-state index in [2.05, 4.69) is 9.05 Å². The molecule has 0 saturated heterocycles. The minimum Gasteiger partial charge on any atom is -0.404 e. The van der Waals surface area contributed by atoms with Gasteiger partial charge in [0.05, 0.1) is 13.1 Å². The normalized spacial score (nSPS) is 18.8. The smallest absolute Gasteiger partial charge is 0.404 e. The quantitative estimate of drug-likeness (QED) is 0.775. The molecule has 1 aromatic carbocycles. The maximum atomic E-state index is 12.3. The number of phosphoric ester groups is 1. The average molecular weight is 300 g/mol. The van der Waals surface area contributed by atoms with Gasteiger partial charge in [-0.05, 0) is 30.7 Å². The monoisotopic (exact) mass is 300 g/mol. The van der Waals surface area contributed by atoms with Gasteiger partial charge in [0.1, 0.15) is 5.75 Å². The molecule has 102 valence electrons. The number of rotatable bonds is 5. The molecule has 0 saturated carbocycles. The second-order valence-corrected chi connectivity index (χ2v) is 6.85. The fourth-order valence-corrected chi connectivity index (χ4v) is 2.72. The largest absolute Gasteiger partial charge is 0.529 e. The second kappa shape index (κ2) is 5.40. The van der Waals surface area contributed by atoms with Gasteiger partial charge < -0.3 is 4.52 Å². The van der Waals surface area contributed by atoms with Crippen molar-refractivity contribution >= 4 is 17.7 Å². The predicted molar refractivity (Wildman–Crippen MR) is 66.5 cm³/mol. The summed E-state index contributed by atoms with van der Waals surface area (Å²) in [7, 11) is -15.0. The van der Waals surface area contributed by atoms with E-state index in [4.69, 9.17) is 12.7 Å². The summed E-state index contributed by atoms with van der Waals surface area (Å²) in [4.78, 5) is -0.0295. The van der Waals surface area contributed by atoms with E-state index in [0.717, 1.165) is 24.5 Å². The summed E-state index contributed by atoms with van der Waals surface area (Å²) in [6.07, 6.45) is 0.982. The highest BCUT2D eigenvalue weighted by Crippen LogP contribution is 2.47. The highest BCUT2D eigenvalue weighted by molar-refractivity contribution is 7.90. The molecule has 0 N–H and O–H groups in total. The van der Waals surface area contributed by atoms with E-state index in [9.17, 15) is 13.0 Å². The first-order chi connectivity index (χ1) is 10.5. The first kappa shape index (κ1) is 8.32. The van der Waals surface area contributed by atoms with Crippen LogP contribution in [0.5, 0.6) is 5.75 Å². The van der Waals surface area contributed by atoms with Crippen LogP contribution in [0.15, 0.2) is 23.1 Å². The summed E-state index contributed by atoms with van der Waals surface area (Å²) < 4.78 is 90.1. The first-order valence-corrected chi connectivity index (χ1v) is 7.88. The zero-order valence-corrected chi connectivity index (χ0v) is 11.2. The van der Waals surface area contributed by atoms with Crippen LogP contribution in [-0.2, 0) is 23.4 Å². The SMILES string of the molecule is [2H]C([2H])([2H])OP(=O)(Oc1ccc(S(C)(=O)=O)c(C)c1)OC([2H])([2H])[2H]. The molecule has 0 unspecified atom stereocenters. The molecule has 0 aliphatic rings. The van der Waals surface area contributed by atoms with E-state index in [0.29, 0.717) is 0 Å². The average Bonchev–Trinajstić information content (AvgIpc) is 2.19. The molecular weight excluding hydrogens is 279 g/mol. The van der Waals surface area contributed by atoms with Crippen molar-refractivity contribution in [2.75, 3.05) is 20.3 Å². The Morgan fingerprint density at radius 2 is 1.89 bits per heavy atom. The number of aryl methyl sites for hydroxylation is 1. The van der Waals surface area contributed by atoms with Gasteiger partial charge in [-0.15, -0.1) is 0 Å². The van der Waals surface area contributed by atoms with Crippen molar-refractivity contribution in [3.05, 3.63) is 23.8 Å². The van der Waals surface area contributed by atoms with Crippen molar-refractivity contribution in [3.63, 3.8) is 0 Å². The zero-order chi connectivity index (χ0) is 19.0. The molecule has 0 bridgehead atoms. The van der Waals surface area contributed by atoms with E-state index >= 15 is 0 Å². The fourth-order valence-electron chi connectivity index (χ4n) is 1.28. The Morgan fingerprint density at radius 3 is 2.33 bits per heavy atom. The Labute approximate surface area is 115 Å². The molecule has 0 radical (unpaired) electrons. The van der Waals surface area contributed by atoms with Crippen LogP contribution < -0.4 is 4.52 Å². The Kier molecular flexibility index (Phi) is 2.50. The third-order valence-corrected chi connectivity index (χ3v) is 4.13. The molecule has 0 aliphatic heterocycles. The molecule has 0 heterocycles. The fraction of sp³-hybridized carbons (Fsp3) is 0.400. The third kappa shape index (κ3) is 3.55. The Balaban J connectivity index is 3.20. The summed E-state index contributed by atoms with van der Waals surface area (Å²) in [5, 5.41) is 0. The molecule has 0 aromatic heterocycles. The molecule has 6 nitrogen and oxygen atoms in total. The highest BCUT2D eigenvalue weighted by Gasteiger charge is 2.25. The lowest BCUT2D eigenvalue weighted by Crippen LogP contribution is -2.01. The summed E-state index contributed by atoms with van der Waals surface area (Å²) in [5.41, 5.74) is 0.212. The van der Waals surface area contributed by atoms with Gasteiger partial charge in [-0.2, -0.15) is 0 Å². The van der Waals surface area contributed by atoms with Crippen LogP contribution in [0, 0.1) is 6.92 Å². The number of benzene rings is 1. The lowest BCUT2D eigenvalue weighted by Gasteiger charge is -2.15. The number of hydrogen-bond acceptors (Lipinski definition) is 6. The van der Waals surface area contributed by atoms with Gasteiger partial charge >= 0.3 is 7.82 Å². The van der Waals surface area contributed by atoms with Crippen molar-refractivity contribution in [2.45, 2.75) is 11.8 Å². The van der Waals surface area contributed by atoms with Crippen LogP contribution in [0.3, 0.4) is 0 Å². The molecule has 0 fully saturated rings. The van der Waals surface area contributed by atoms with E-state index in [1.54, 1.807) is 0 Å². The van der Waals surface area contributed by atoms with Gasteiger partial charge in [0.25, 0.3) is 0 Å². The summed E-state index contributed by atoms with van der Waals surface area (Å²) in [5.74, 6) is -0.281. The molecule has 0 spiro atoms. The van der Waals surface area contributed by atoms with Crippen LogP contribution in [0.1, 0.15) is 13.8 Å². The number of hydrogen-bond donors (Lipinski definition) is 0. The predicted octanol–water partition coefficient (Wildman–Crippen LogP) is 2.18. The zero-order valence-electron chi connectivity index (χ0n) is 15.5.